The Balaban J connectivity index is 1.78. The summed E-state index contributed by atoms with van der Waals surface area (Å²) in [6.07, 6.45) is 3.13. The molecule has 5 nitrogen and oxygen atoms in total. The highest BCUT2D eigenvalue weighted by Crippen LogP contribution is 2.34. The van der Waals surface area contributed by atoms with Gasteiger partial charge in [-0.05, 0) is 37.1 Å². The summed E-state index contributed by atoms with van der Waals surface area (Å²) in [6.45, 7) is 2.15. The average molecular weight is 327 g/mol. The number of pyridine rings is 1. The number of hydrogen-bond acceptors (Lipinski definition) is 3. The molecule has 3 rings (SSSR count). The minimum Gasteiger partial charge on any atom is -0.336 e. The van der Waals surface area contributed by atoms with Gasteiger partial charge in [0, 0.05) is 30.9 Å². The Kier molecular flexibility index (Phi) is 4.55. The predicted molar refractivity (Wildman–Crippen MR) is 88.0 cm³/mol. The Bertz CT molecular complexity index is 764. The summed E-state index contributed by atoms with van der Waals surface area (Å²) in [5, 5.41) is 2.63. The molecule has 2 aromatic rings. The van der Waals surface area contributed by atoms with Gasteiger partial charge in [-0.3, -0.25) is 14.6 Å². The summed E-state index contributed by atoms with van der Waals surface area (Å²) < 4.78 is 14.5. The van der Waals surface area contributed by atoms with Crippen molar-refractivity contribution in [1.82, 2.24) is 9.88 Å². The first kappa shape index (κ1) is 16.1. The van der Waals surface area contributed by atoms with Gasteiger partial charge >= 0.3 is 0 Å². The molecule has 1 aliphatic heterocycles. The van der Waals surface area contributed by atoms with Gasteiger partial charge in [-0.1, -0.05) is 12.1 Å². The van der Waals surface area contributed by atoms with Gasteiger partial charge in [0.25, 0.3) is 5.91 Å². The predicted octanol–water partition coefficient (Wildman–Crippen LogP) is 3.16. The zero-order valence-corrected chi connectivity index (χ0v) is 13.3. The van der Waals surface area contributed by atoms with Crippen molar-refractivity contribution in [1.29, 1.82) is 0 Å². The number of likely N-dealkylation sites (tertiary alicyclic amines) is 1. The average Bonchev–Trinajstić information content (AvgIpc) is 3.05. The second-order valence-electron chi connectivity index (χ2n) is 5.78. The highest BCUT2D eigenvalue weighted by molar-refractivity contribution is 6.02. The number of hydrogen-bond donors (Lipinski definition) is 1. The van der Waals surface area contributed by atoms with Crippen molar-refractivity contribution in [2.45, 2.75) is 25.8 Å². The largest absolute Gasteiger partial charge is 0.336 e. The van der Waals surface area contributed by atoms with E-state index >= 15 is 0 Å². The standard InChI is InChI=1S/C18H18FN3O2/c1-12(23)22-10-4-6-17(22)14-8-7-13(11-15(14)19)21-18(24)16-5-2-3-9-20-16/h2-3,5,7-9,11,17H,4,6,10H2,1H3,(H,21,24). The Morgan fingerprint density at radius 3 is 2.79 bits per heavy atom. The summed E-state index contributed by atoms with van der Waals surface area (Å²) in [5.74, 6) is -0.870. The summed E-state index contributed by atoms with van der Waals surface area (Å²) in [7, 11) is 0. The number of carbonyl (C=O) groups is 2. The van der Waals surface area contributed by atoms with Gasteiger partial charge in [0.15, 0.2) is 0 Å². The topological polar surface area (TPSA) is 62.3 Å². The molecule has 1 aromatic heterocycles. The summed E-state index contributed by atoms with van der Waals surface area (Å²) in [6, 6.07) is 9.35. The van der Waals surface area contributed by atoms with Gasteiger partial charge in [0.1, 0.15) is 11.5 Å². The van der Waals surface area contributed by atoms with Crippen LogP contribution in [0.25, 0.3) is 0 Å². The van der Waals surface area contributed by atoms with E-state index in [1.165, 1.54) is 19.2 Å². The number of halogens is 1. The lowest BCUT2D eigenvalue weighted by molar-refractivity contribution is -0.129. The lowest BCUT2D eigenvalue weighted by Crippen LogP contribution is -2.28. The van der Waals surface area contributed by atoms with Crippen LogP contribution >= 0.6 is 0 Å². The lowest BCUT2D eigenvalue weighted by Gasteiger charge is -2.24. The number of nitrogens with one attached hydrogen (secondary N) is 1. The fourth-order valence-electron chi connectivity index (χ4n) is 3.03. The van der Waals surface area contributed by atoms with Crippen LogP contribution in [0.1, 0.15) is 41.9 Å². The zero-order chi connectivity index (χ0) is 17.1. The molecule has 0 saturated carbocycles. The van der Waals surface area contributed by atoms with Crippen molar-refractivity contribution in [2.75, 3.05) is 11.9 Å². The number of anilines is 1. The molecule has 2 amide bonds. The van der Waals surface area contributed by atoms with Gasteiger partial charge in [-0.25, -0.2) is 4.39 Å². The monoisotopic (exact) mass is 327 g/mol. The van der Waals surface area contributed by atoms with E-state index in [-0.39, 0.29) is 17.6 Å². The first-order valence-corrected chi connectivity index (χ1v) is 7.85. The maximum atomic E-state index is 14.5. The molecule has 1 unspecified atom stereocenters. The molecule has 0 bridgehead atoms. The highest BCUT2D eigenvalue weighted by atomic mass is 19.1. The first-order chi connectivity index (χ1) is 11.6. The number of nitrogens with zero attached hydrogens (tertiary/aromatic N) is 2. The van der Waals surface area contributed by atoms with Crippen molar-refractivity contribution in [3.63, 3.8) is 0 Å². The maximum absolute atomic E-state index is 14.5. The highest BCUT2D eigenvalue weighted by Gasteiger charge is 2.29. The van der Waals surface area contributed by atoms with Crippen molar-refractivity contribution >= 4 is 17.5 Å². The quantitative estimate of drug-likeness (QED) is 0.942. The SMILES string of the molecule is CC(=O)N1CCCC1c1ccc(NC(=O)c2ccccn2)cc1F. The molecule has 1 saturated heterocycles. The van der Waals surface area contributed by atoms with Crippen molar-refractivity contribution in [3.8, 4) is 0 Å². The van der Waals surface area contributed by atoms with Crippen LogP contribution in [0, 0.1) is 5.82 Å². The Labute approximate surface area is 139 Å². The smallest absolute Gasteiger partial charge is 0.274 e. The Morgan fingerprint density at radius 2 is 2.12 bits per heavy atom. The normalized spacial score (nSPS) is 16.9. The Morgan fingerprint density at radius 1 is 1.29 bits per heavy atom. The van der Waals surface area contributed by atoms with E-state index in [0.29, 0.717) is 17.8 Å². The van der Waals surface area contributed by atoms with E-state index in [4.69, 9.17) is 0 Å². The van der Waals surface area contributed by atoms with Crippen LogP contribution in [0.15, 0.2) is 42.6 Å². The fourth-order valence-corrected chi connectivity index (χ4v) is 3.03. The molecular weight excluding hydrogens is 309 g/mol. The fraction of sp³-hybridized carbons (Fsp3) is 0.278. The maximum Gasteiger partial charge on any atom is 0.274 e. The molecule has 1 fully saturated rings. The molecule has 0 radical (unpaired) electrons. The van der Waals surface area contributed by atoms with Gasteiger partial charge in [0.2, 0.25) is 5.91 Å². The molecule has 1 aromatic carbocycles. The minimum atomic E-state index is -0.424. The lowest BCUT2D eigenvalue weighted by atomic mass is 10.0. The molecule has 2 heterocycles. The molecule has 1 aliphatic rings. The van der Waals surface area contributed by atoms with Gasteiger partial charge in [-0.2, -0.15) is 0 Å². The van der Waals surface area contributed by atoms with Crippen molar-refractivity contribution in [3.05, 3.63) is 59.7 Å². The van der Waals surface area contributed by atoms with E-state index in [9.17, 15) is 14.0 Å². The second-order valence-corrected chi connectivity index (χ2v) is 5.78. The number of amides is 2. The van der Waals surface area contributed by atoms with Crippen LogP contribution in [0.3, 0.4) is 0 Å². The van der Waals surface area contributed by atoms with Crippen LogP contribution in [0.5, 0.6) is 0 Å². The van der Waals surface area contributed by atoms with Crippen LogP contribution in [0.2, 0.25) is 0 Å². The summed E-state index contributed by atoms with van der Waals surface area (Å²) in [4.78, 5) is 29.4. The third-order valence-corrected chi connectivity index (χ3v) is 4.17. The third kappa shape index (κ3) is 3.27. The zero-order valence-electron chi connectivity index (χ0n) is 13.3. The molecule has 124 valence electrons. The third-order valence-electron chi connectivity index (χ3n) is 4.17. The van der Waals surface area contributed by atoms with E-state index in [1.807, 2.05) is 0 Å². The van der Waals surface area contributed by atoms with Crippen molar-refractivity contribution in [2.24, 2.45) is 0 Å². The van der Waals surface area contributed by atoms with Gasteiger partial charge < -0.3 is 10.2 Å². The van der Waals surface area contributed by atoms with Gasteiger partial charge in [-0.15, -0.1) is 0 Å². The summed E-state index contributed by atoms with van der Waals surface area (Å²) >= 11 is 0. The van der Waals surface area contributed by atoms with E-state index in [2.05, 4.69) is 10.3 Å². The van der Waals surface area contributed by atoms with E-state index in [1.54, 1.807) is 35.2 Å². The molecule has 6 heteroatoms. The minimum absolute atomic E-state index is 0.0515. The number of carbonyl (C=O) groups excluding carboxylic acids is 2. The molecule has 0 spiro atoms. The number of benzene rings is 1. The second kappa shape index (κ2) is 6.78. The number of rotatable bonds is 3. The first-order valence-electron chi connectivity index (χ1n) is 7.85. The van der Waals surface area contributed by atoms with E-state index in [0.717, 1.165) is 12.8 Å². The summed E-state index contributed by atoms with van der Waals surface area (Å²) in [5.41, 5.74) is 1.11. The Hall–Kier alpha value is -2.76. The van der Waals surface area contributed by atoms with Crippen LogP contribution in [-0.2, 0) is 4.79 Å². The van der Waals surface area contributed by atoms with Crippen LogP contribution in [-0.4, -0.2) is 28.2 Å². The molecular formula is C18H18FN3O2. The molecule has 1 N–H and O–H groups in total. The van der Waals surface area contributed by atoms with Crippen LogP contribution in [0.4, 0.5) is 10.1 Å². The van der Waals surface area contributed by atoms with Crippen molar-refractivity contribution < 1.29 is 14.0 Å². The van der Waals surface area contributed by atoms with E-state index < -0.39 is 11.7 Å². The molecule has 0 aliphatic carbocycles. The van der Waals surface area contributed by atoms with Gasteiger partial charge in [0.05, 0.1) is 6.04 Å². The molecule has 24 heavy (non-hydrogen) atoms. The van der Waals surface area contributed by atoms with Crippen LogP contribution < -0.4 is 5.32 Å². The number of aromatic nitrogens is 1. The molecule has 1 atom stereocenters.